The topological polar surface area (TPSA) is 125 Å². The zero-order chi connectivity index (χ0) is 23.1. The molecular formula is C22H22ClN7O2S. The van der Waals surface area contributed by atoms with Gasteiger partial charge in [-0.15, -0.1) is 0 Å². The zero-order valence-corrected chi connectivity index (χ0v) is 19.7. The molecule has 4 N–H and O–H groups in total. The molecule has 3 aromatic heterocycles. The predicted octanol–water partition coefficient (Wildman–Crippen LogP) is 4.07. The highest BCUT2D eigenvalue weighted by molar-refractivity contribution is 7.21. The number of rotatable bonds is 4. The van der Waals surface area contributed by atoms with Crippen molar-refractivity contribution in [1.29, 1.82) is 0 Å². The molecule has 0 amide bonds. The smallest absolute Gasteiger partial charge is 0.223 e. The Morgan fingerprint density at radius 2 is 2.03 bits per heavy atom. The molecule has 1 atom stereocenters. The first-order chi connectivity index (χ1) is 15.9. The molecule has 0 saturated heterocycles. The van der Waals surface area contributed by atoms with Gasteiger partial charge in [-0.25, -0.2) is 15.0 Å². The summed E-state index contributed by atoms with van der Waals surface area (Å²) < 4.78 is 11.5. The minimum absolute atomic E-state index is 0.114. The Morgan fingerprint density at radius 1 is 1.18 bits per heavy atom. The van der Waals surface area contributed by atoms with E-state index in [2.05, 4.69) is 30.9 Å². The molecule has 9 nitrogen and oxygen atoms in total. The van der Waals surface area contributed by atoms with Gasteiger partial charge in [-0.2, -0.15) is 4.98 Å². The van der Waals surface area contributed by atoms with E-state index >= 15 is 0 Å². The van der Waals surface area contributed by atoms with Crippen LogP contribution in [-0.2, 0) is 11.3 Å². The highest BCUT2D eigenvalue weighted by Crippen LogP contribution is 2.36. The number of ether oxygens (including phenoxy) is 2. The summed E-state index contributed by atoms with van der Waals surface area (Å²) in [4.78, 5) is 20.4. The molecular weight excluding hydrogens is 462 g/mol. The van der Waals surface area contributed by atoms with Crippen LogP contribution in [0.5, 0.6) is 5.75 Å². The van der Waals surface area contributed by atoms with Crippen molar-refractivity contribution in [2.45, 2.75) is 19.6 Å². The van der Waals surface area contributed by atoms with Gasteiger partial charge in [0.15, 0.2) is 5.13 Å². The number of thiazole rings is 1. The van der Waals surface area contributed by atoms with Gasteiger partial charge < -0.3 is 25.8 Å². The Labute approximate surface area is 199 Å². The highest BCUT2D eigenvalue weighted by atomic mass is 35.5. The molecule has 1 aromatic carbocycles. The predicted molar refractivity (Wildman–Crippen MR) is 131 cm³/mol. The van der Waals surface area contributed by atoms with Crippen molar-refractivity contribution < 1.29 is 9.47 Å². The molecule has 11 heteroatoms. The Morgan fingerprint density at radius 3 is 2.85 bits per heavy atom. The van der Waals surface area contributed by atoms with Gasteiger partial charge in [-0.1, -0.05) is 29.0 Å². The van der Waals surface area contributed by atoms with E-state index < -0.39 is 0 Å². The number of hydrogen-bond donors (Lipinski definition) is 2. The molecule has 170 valence electrons. The van der Waals surface area contributed by atoms with Crippen LogP contribution in [0.4, 0.5) is 16.9 Å². The van der Waals surface area contributed by atoms with Gasteiger partial charge in [0.1, 0.15) is 33.7 Å². The molecule has 0 spiro atoms. The van der Waals surface area contributed by atoms with Gasteiger partial charge >= 0.3 is 0 Å². The fraction of sp³-hybridized carbons (Fsp3) is 0.273. The largest absolute Gasteiger partial charge is 0.491 e. The zero-order valence-electron chi connectivity index (χ0n) is 18.1. The molecule has 0 bridgehead atoms. The lowest BCUT2D eigenvalue weighted by Gasteiger charge is -2.26. The first-order valence-corrected chi connectivity index (χ1v) is 11.5. The fourth-order valence-corrected chi connectivity index (χ4v) is 4.89. The molecule has 0 radical (unpaired) electrons. The van der Waals surface area contributed by atoms with E-state index in [0.29, 0.717) is 36.2 Å². The molecule has 0 aliphatic carbocycles. The van der Waals surface area contributed by atoms with Crippen LogP contribution in [0.3, 0.4) is 0 Å². The summed E-state index contributed by atoms with van der Waals surface area (Å²) in [5.74, 6) is 1.58. The summed E-state index contributed by atoms with van der Waals surface area (Å²) >= 11 is 7.81. The van der Waals surface area contributed by atoms with Gasteiger partial charge in [-0.05, 0) is 30.7 Å². The quantitative estimate of drug-likeness (QED) is 0.413. The highest BCUT2D eigenvalue weighted by Gasteiger charge is 2.25. The Hall–Kier alpha value is -3.21. The van der Waals surface area contributed by atoms with E-state index in [4.69, 9.17) is 32.5 Å². The minimum Gasteiger partial charge on any atom is -0.491 e. The maximum absolute atomic E-state index is 6.43. The van der Waals surface area contributed by atoms with Crippen LogP contribution in [0.15, 0.2) is 30.5 Å². The molecule has 1 aliphatic heterocycles. The molecule has 1 aliphatic rings. The molecule has 4 aromatic rings. The number of hydrogen-bond acceptors (Lipinski definition) is 10. The Balaban J connectivity index is 1.54. The second-order valence-corrected chi connectivity index (χ2v) is 9.05. The van der Waals surface area contributed by atoms with Gasteiger partial charge in [0.05, 0.1) is 18.2 Å². The van der Waals surface area contributed by atoms with E-state index in [0.717, 1.165) is 32.8 Å². The monoisotopic (exact) mass is 483 g/mol. The van der Waals surface area contributed by atoms with Crippen LogP contribution in [0.2, 0.25) is 5.15 Å². The first kappa shape index (κ1) is 21.6. The van der Waals surface area contributed by atoms with E-state index in [1.165, 1.54) is 11.3 Å². The van der Waals surface area contributed by atoms with Crippen molar-refractivity contribution in [3.63, 3.8) is 0 Å². The lowest BCUT2D eigenvalue weighted by Crippen LogP contribution is -2.28. The molecule has 0 fully saturated rings. The molecule has 4 heterocycles. The number of halogens is 1. The molecule has 1 unspecified atom stereocenters. The van der Waals surface area contributed by atoms with Crippen molar-refractivity contribution in [1.82, 2.24) is 19.9 Å². The maximum Gasteiger partial charge on any atom is 0.223 e. The van der Waals surface area contributed by atoms with Crippen molar-refractivity contribution in [2.75, 3.05) is 36.6 Å². The SMILES string of the molecule is COC(C)c1c(Cl)nc(N)nc1N1CCOc2ccc(-c3cnc4sc(N)nc4c3)cc2C1. The number of benzene rings is 1. The molecule has 0 saturated carbocycles. The van der Waals surface area contributed by atoms with Crippen LogP contribution < -0.4 is 21.1 Å². The first-order valence-electron chi connectivity index (χ1n) is 10.3. The second kappa shape index (κ2) is 8.62. The minimum atomic E-state index is -0.300. The van der Waals surface area contributed by atoms with Gasteiger partial charge in [0.25, 0.3) is 0 Å². The van der Waals surface area contributed by atoms with Crippen LogP contribution in [0.25, 0.3) is 21.5 Å². The number of nitrogens with zero attached hydrogens (tertiary/aromatic N) is 5. The van der Waals surface area contributed by atoms with Crippen LogP contribution in [0, 0.1) is 0 Å². The Bertz CT molecular complexity index is 1350. The lowest BCUT2D eigenvalue weighted by atomic mass is 10.0. The average molecular weight is 484 g/mol. The van der Waals surface area contributed by atoms with Gasteiger partial charge in [0, 0.05) is 31.0 Å². The van der Waals surface area contributed by atoms with Gasteiger partial charge in [0.2, 0.25) is 5.95 Å². The number of nitrogen functional groups attached to an aromatic ring is 2. The number of aromatic nitrogens is 4. The summed E-state index contributed by atoms with van der Waals surface area (Å²) in [6, 6.07) is 8.09. The summed E-state index contributed by atoms with van der Waals surface area (Å²) in [6.45, 7) is 3.55. The van der Waals surface area contributed by atoms with Crippen molar-refractivity contribution >= 4 is 50.2 Å². The van der Waals surface area contributed by atoms with Gasteiger partial charge in [-0.3, -0.25) is 0 Å². The van der Waals surface area contributed by atoms with Crippen LogP contribution in [-0.4, -0.2) is 40.2 Å². The Kier molecular flexibility index (Phi) is 5.65. The third-order valence-corrected chi connectivity index (χ3v) is 6.69. The summed E-state index contributed by atoms with van der Waals surface area (Å²) in [7, 11) is 1.62. The van der Waals surface area contributed by atoms with Crippen molar-refractivity contribution in [2.24, 2.45) is 0 Å². The van der Waals surface area contributed by atoms with E-state index in [-0.39, 0.29) is 17.2 Å². The second-order valence-electron chi connectivity index (χ2n) is 7.68. The van der Waals surface area contributed by atoms with Crippen molar-refractivity contribution in [3.05, 3.63) is 46.7 Å². The molecule has 33 heavy (non-hydrogen) atoms. The van der Waals surface area contributed by atoms with E-state index in [1.807, 2.05) is 31.3 Å². The number of fused-ring (bicyclic) bond motifs is 2. The molecule has 5 rings (SSSR count). The normalized spacial score (nSPS) is 14.6. The third-order valence-electron chi connectivity index (χ3n) is 5.59. The number of pyridine rings is 1. The number of methoxy groups -OCH3 is 1. The number of anilines is 3. The summed E-state index contributed by atoms with van der Waals surface area (Å²) in [6.07, 6.45) is 1.53. The average Bonchev–Trinajstić information content (AvgIpc) is 3.03. The third kappa shape index (κ3) is 4.12. The summed E-state index contributed by atoms with van der Waals surface area (Å²) in [5, 5.41) is 0.789. The van der Waals surface area contributed by atoms with E-state index in [9.17, 15) is 0 Å². The van der Waals surface area contributed by atoms with Crippen LogP contribution in [0.1, 0.15) is 24.2 Å². The van der Waals surface area contributed by atoms with E-state index in [1.54, 1.807) is 7.11 Å². The summed E-state index contributed by atoms with van der Waals surface area (Å²) in [5.41, 5.74) is 16.2. The van der Waals surface area contributed by atoms with Crippen molar-refractivity contribution in [3.8, 4) is 16.9 Å². The fourth-order valence-electron chi connectivity index (χ4n) is 3.91. The lowest BCUT2D eigenvalue weighted by molar-refractivity contribution is 0.119. The van der Waals surface area contributed by atoms with Crippen LogP contribution >= 0.6 is 22.9 Å². The number of nitrogens with two attached hydrogens (primary N) is 2. The maximum atomic E-state index is 6.43. The standard InChI is InChI=1S/C22H22ClN7O2S/c1-11(31-2)17-18(23)28-21(24)29-19(17)30-5-6-32-16-4-3-12(7-14(16)10-30)13-8-15-20(26-9-13)33-22(25)27-15/h3-4,7-9,11H,5-6,10H2,1-2H3,(H2,25,27)(H2,24,28,29).